The number of hydrogen-bond donors (Lipinski definition) is 1. The molecule has 0 spiro atoms. The zero-order valence-corrected chi connectivity index (χ0v) is 21.4. The van der Waals surface area contributed by atoms with Gasteiger partial charge in [-0.05, 0) is 104 Å². The molecule has 0 saturated heterocycles. The summed E-state index contributed by atoms with van der Waals surface area (Å²) in [6, 6.07) is 16.1. The number of carbonyl (C=O) groups is 1. The number of para-hydroxylation sites is 1. The highest BCUT2D eigenvalue weighted by molar-refractivity contribution is 5.79. The van der Waals surface area contributed by atoms with Gasteiger partial charge in [0.05, 0.1) is 7.11 Å². The van der Waals surface area contributed by atoms with Crippen LogP contribution in [0.15, 0.2) is 42.5 Å². The first-order chi connectivity index (χ1) is 16.7. The van der Waals surface area contributed by atoms with Crippen molar-refractivity contribution < 1.29 is 9.53 Å². The Morgan fingerprint density at radius 1 is 1.00 bits per heavy atom. The molecule has 184 valence electrons. The number of ether oxygens (including phenoxy) is 1. The van der Waals surface area contributed by atoms with Crippen molar-refractivity contribution in [2.45, 2.75) is 96.4 Å². The predicted octanol–water partition coefficient (Wildman–Crippen LogP) is 7.01. The molecule has 2 aromatic carbocycles. The lowest BCUT2D eigenvalue weighted by Gasteiger charge is -2.27. The summed E-state index contributed by atoms with van der Waals surface area (Å²) in [4.78, 5) is 12.3. The highest BCUT2D eigenvalue weighted by Crippen LogP contribution is 2.38. The molecular formula is C31H43NO2. The molecule has 0 aliphatic heterocycles. The molecule has 1 amide bonds. The molecule has 3 heteroatoms. The number of benzene rings is 2. The van der Waals surface area contributed by atoms with Gasteiger partial charge in [0.2, 0.25) is 5.91 Å². The Kier molecular flexibility index (Phi) is 8.69. The monoisotopic (exact) mass is 461 g/mol. The van der Waals surface area contributed by atoms with Gasteiger partial charge in [-0.3, -0.25) is 4.79 Å². The molecule has 2 fully saturated rings. The zero-order chi connectivity index (χ0) is 23.9. The third kappa shape index (κ3) is 5.85. The van der Waals surface area contributed by atoms with Gasteiger partial charge in [-0.1, -0.05) is 56.7 Å². The number of amides is 1. The van der Waals surface area contributed by atoms with Crippen LogP contribution in [0.3, 0.4) is 0 Å². The molecule has 3 aliphatic carbocycles. The lowest BCUT2D eigenvalue weighted by Crippen LogP contribution is -2.39. The first kappa shape index (κ1) is 24.8. The molecule has 2 aromatic rings. The van der Waals surface area contributed by atoms with Gasteiger partial charge >= 0.3 is 0 Å². The second-order valence-electron chi connectivity index (χ2n) is 10.3. The second-order valence-corrected chi connectivity index (χ2v) is 10.3. The number of aryl methyl sites for hydroxylation is 2. The quantitative estimate of drug-likeness (QED) is 0.481. The molecule has 0 bridgehead atoms. The van der Waals surface area contributed by atoms with Crippen molar-refractivity contribution in [1.29, 1.82) is 0 Å². The van der Waals surface area contributed by atoms with E-state index in [1.54, 1.807) is 18.2 Å². The van der Waals surface area contributed by atoms with E-state index in [0.717, 1.165) is 43.8 Å². The summed E-state index contributed by atoms with van der Waals surface area (Å²) in [6.07, 6.45) is 12.9. The Morgan fingerprint density at radius 3 is 2.59 bits per heavy atom. The summed E-state index contributed by atoms with van der Waals surface area (Å²) < 4.78 is 5.53. The summed E-state index contributed by atoms with van der Waals surface area (Å²) in [5.74, 6) is 3.00. The van der Waals surface area contributed by atoms with E-state index < -0.39 is 0 Å². The van der Waals surface area contributed by atoms with Gasteiger partial charge < -0.3 is 10.1 Å². The van der Waals surface area contributed by atoms with E-state index in [2.05, 4.69) is 41.7 Å². The Hall–Kier alpha value is -2.29. The molecule has 0 aromatic heterocycles. The van der Waals surface area contributed by atoms with E-state index in [-0.39, 0.29) is 0 Å². The smallest absolute Gasteiger partial charge is 0.223 e. The molecule has 3 nitrogen and oxygen atoms in total. The largest absolute Gasteiger partial charge is 0.496 e. The fourth-order valence-corrected chi connectivity index (χ4v) is 6.02. The third-order valence-electron chi connectivity index (χ3n) is 8.30. The summed E-state index contributed by atoms with van der Waals surface area (Å²) >= 11 is 0. The fraction of sp³-hybridized carbons (Fsp3) is 0.581. The Labute approximate surface area is 206 Å². The van der Waals surface area contributed by atoms with Crippen LogP contribution in [-0.2, 0) is 24.1 Å². The van der Waals surface area contributed by atoms with Gasteiger partial charge in [0.25, 0.3) is 0 Å². The van der Waals surface area contributed by atoms with E-state index in [1.165, 1.54) is 49.7 Å². The lowest BCUT2D eigenvalue weighted by molar-refractivity contribution is -0.128. The van der Waals surface area contributed by atoms with Crippen LogP contribution in [0.5, 0.6) is 5.75 Å². The van der Waals surface area contributed by atoms with Crippen LogP contribution in [0.2, 0.25) is 0 Å². The fourth-order valence-electron chi connectivity index (χ4n) is 6.02. The van der Waals surface area contributed by atoms with Crippen molar-refractivity contribution in [2.75, 3.05) is 7.11 Å². The van der Waals surface area contributed by atoms with Gasteiger partial charge in [0, 0.05) is 12.0 Å². The van der Waals surface area contributed by atoms with Gasteiger partial charge in [-0.25, -0.2) is 0 Å². The Bertz CT molecular complexity index is 948. The summed E-state index contributed by atoms with van der Waals surface area (Å²) in [7, 11) is 1.77. The zero-order valence-electron chi connectivity index (χ0n) is 21.4. The summed E-state index contributed by atoms with van der Waals surface area (Å²) in [5.41, 5.74) is 5.95. The average molecular weight is 462 g/mol. The Balaban J connectivity index is 0.00000133. The maximum Gasteiger partial charge on any atom is 0.223 e. The molecular weight excluding hydrogens is 418 g/mol. The minimum atomic E-state index is 0.300. The number of nitrogens with one attached hydrogen (secondary N) is 1. The van der Waals surface area contributed by atoms with Crippen LogP contribution < -0.4 is 10.1 Å². The maximum atomic E-state index is 12.3. The molecule has 3 atom stereocenters. The van der Waals surface area contributed by atoms with Gasteiger partial charge in [-0.2, -0.15) is 0 Å². The first-order valence-corrected chi connectivity index (χ1v) is 13.7. The van der Waals surface area contributed by atoms with E-state index in [9.17, 15) is 4.79 Å². The van der Waals surface area contributed by atoms with Crippen molar-refractivity contribution in [3.8, 4) is 5.75 Å². The van der Waals surface area contributed by atoms with E-state index in [1.807, 2.05) is 19.9 Å². The molecule has 0 heterocycles. The van der Waals surface area contributed by atoms with Crippen LogP contribution in [0.25, 0.3) is 0 Å². The normalized spacial score (nSPS) is 23.8. The Morgan fingerprint density at radius 2 is 1.82 bits per heavy atom. The third-order valence-corrected chi connectivity index (χ3v) is 8.30. The molecule has 3 aliphatic rings. The van der Waals surface area contributed by atoms with Crippen molar-refractivity contribution in [3.05, 3.63) is 64.7 Å². The van der Waals surface area contributed by atoms with Crippen molar-refractivity contribution in [2.24, 2.45) is 11.8 Å². The average Bonchev–Trinajstić information content (AvgIpc) is 3.31. The van der Waals surface area contributed by atoms with Gasteiger partial charge in [-0.15, -0.1) is 0 Å². The number of methoxy groups -OCH3 is 1. The van der Waals surface area contributed by atoms with Crippen molar-refractivity contribution >= 4 is 5.91 Å². The van der Waals surface area contributed by atoms with Gasteiger partial charge in [0.15, 0.2) is 0 Å². The second kappa shape index (κ2) is 11.9. The number of fused-ring (bicyclic) bond motifs is 1. The van der Waals surface area contributed by atoms with Crippen LogP contribution >= 0.6 is 0 Å². The number of hydrogen-bond acceptors (Lipinski definition) is 2. The SMILES string of the molecule is CC.COc1ccccc1CCC1CCc2cc([C@@H]3CCC(NC(=O)C4CCC4)C3)ccc2C1. The first-order valence-electron chi connectivity index (χ1n) is 13.7. The van der Waals surface area contributed by atoms with E-state index >= 15 is 0 Å². The van der Waals surface area contributed by atoms with Crippen LogP contribution in [0.4, 0.5) is 0 Å². The molecule has 34 heavy (non-hydrogen) atoms. The van der Waals surface area contributed by atoms with Crippen molar-refractivity contribution in [1.82, 2.24) is 5.32 Å². The lowest BCUT2D eigenvalue weighted by atomic mass is 9.79. The van der Waals surface area contributed by atoms with Crippen LogP contribution in [-0.4, -0.2) is 19.1 Å². The molecule has 1 N–H and O–H groups in total. The number of rotatable bonds is 7. The van der Waals surface area contributed by atoms with Crippen LogP contribution in [0, 0.1) is 11.8 Å². The van der Waals surface area contributed by atoms with Gasteiger partial charge in [0.1, 0.15) is 5.75 Å². The standard InChI is InChI=1S/C29H37NO2.C2H6/c1-32-28-8-3-2-5-21(28)11-9-20-10-12-24-18-25(14-13-23(24)17-20)26-15-16-27(19-26)30-29(31)22-6-4-7-22;1-2/h2-3,5,8,13-14,18,20,22,26-27H,4,6-7,9-12,15-17,19H2,1H3,(H,30,31);1-2H3/t20?,26-,27?;/m1./s1. The highest BCUT2D eigenvalue weighted by Gasteiger charge is 2.31. The topological polar surface area (TPSA) is 38.3 Å². The minimum absolute atomic E-state index is 0.300. The molecule has 0 radical (unpaired) electrons. The molecule has 2 unspecified atom stereocenters. The molecule has 5 rings (SSSR count). The van der Waals surface area contributed by atoms with Crippen molar-refractivity contribution in [3.63, 3.8) is 0 Å². The predicted molar refractivity (Wildman–Crippen MR) is 140 cm³/mol. The van der Waals surface area contributed by atoms with Crippen LogP contribution in [0.1, 0.15) is 93.4 Å². The maximum absolute atomic E-state index is 12.3. The summed E-state index contributed by atoms with van der Waals surface area (Å²) in [6.45, 7) is 4.00. The minimum Gasteiger partial charge on any atom is -0.496 e. The van der Waals surface area contributed by atoms with E-state index in [0.29, 0.717) is 23.8 Å². The highest BCUT2D eigenvalue weighted by atomic mass is 16.5. The van der Waals surface area contributed by atoms with E-state index in [4.69, 9.17) is 4.74 Å². The number of carbonyl (C=O) groups excluding carboxylic acids is 1. The summed E-state index contributed by atoms with van der Waals surface area (Å²) in [5, 5.41) is 3.34. The molecule has 2 saturated carbocycles.